The molecular formula is C34H37Br3N4O2. The van der Waals surface area contributed by atoms with Crippen molar-refractivity contribution in [3.8, 4) is 11.5 Å². The van der Waals surface area contributed by atoms with Crippen LogP contribution in [0.2, 0.25) is 0 Å². The van der Waals surface area contributed by atoms with Crippen LogP contribution in [0.4, 0.5) is 5.69 Å². The number of alkyl halides is 1. The van der Waals surface area contributed by atoms with Crippen molar-refractivity contribution in [1.82, 2.24) is 14.9 Å². The fraction of sp³-hybridized carbons (Fsp3) is 0.353. The molecule has 0 unspecified atom stereocenters. The predicted molar refractivity (Wildman–Crippen MR) is 189 cm³/mol. The molecule has 226 valence electrons. The molecule has 9 heteroatoms. The van der Waals surface area contributed by atoms with Crippen molar-refractivity contribution < 1.29 is 9.47 Å². The summed E-state index contributed by atoms with van der Waals surface area (Å²) in [6, 6.07) is 19.1. The van der Waals surface area contributed by atoms with Gasteiger partial charge in [0, 0.05) is 86.4 Å². The number of anilines is 1. The van der Waals surface area contributed by atoms with Crippen LogP contribution < -0.4 is 14.4 Å². The van der Waals surface area contributed by atoms with Gasteiger partial charge in [0.2, 0.25) is 0 Å². The quantitative estimate of drug-likeness (QED) is 0.155. The van der Waals surface area contributed by atoms with Crippen molar-refractivity contribution in [2.75, 3.05) is 56.2 Å². The van der Waals surface area contributed by atoms with Gasteiger partial charge in [0.25, 0.3) is 0 Å². The Labute approximate surface area is 278 Å². The Hall–Kier alpha value is -2.46. The first-order chi connectivity index (χ1) is 21.1. The first-order valence-electron chi connectivity index (χ1n) is 15.0. The Balaban J connectivity index is 0.000000197. The average Bonchev–Trinajstić information content (AvgIpc) is 3.63. The third-order valence-electron chi connectivity index (χ3n) is 8.22. The summed E-state index contributed by atoms with van der Waals surface area (Å²) in [7, 11) is 0. The molecule has 0 atom stereocenters. The van der Waals surface area contributed by atoms with E-state index in [0.717, 1.165) is 71.3 Å². The lowest BCUT2D eigenvalue weighted by Crippen LogP contribution is -2.46. The van der Waals surface area contributed by atoms with Gasteiger partial charge < -0.3 is 24.3 Å². The monoisotopic (exact) mass is 770 g/mol. The van der Waals surface area contributed by atoms with Gasteiger partial charge in [-0.25, -0.2) is 0 Å². The van der Waals surface area contributed by atoms with E-state index in [1.54, 1.807) is 0 Å². The average molecular weight is 773 g/mol. The number of piperazine rings is 1. The largest absolute Gasteiger partial charge is 0.486 e. The number of ether oxygens (including phenoxy) is 2. The lowest BCUT2D eigenvalue weighted by atomic mass is 10.1. The van der Waals surface area contributed by atoms with E-state index in [-0.39, 0.29) is 0 Å². The second-order valence-corrected chi connectivity index (χ2v) is 13.7. The van der Waals surface area contributed by atoms with Crippen molar-refractivity contribution in [2.24, 2.45) is 0 Å². The third kappa shape index (κ3) is 7.62. The van der Waals surface area contributed by atoms with Gasteiger partial charge in [-0.15, -0.1) is 0 Å². The fourth-order valence-corrected chi connectivity index (χ4v) is 6.93. The highest BCUT2D eigenvalue weighted by Gasteiger charge is 2.19. The minimum Gasteiger partial charge on any atom is -0.486 e. The molecule has 0 amide bonds. The molecule has 2 aromatic heterocycles. The number of hydrogen-bond donors (Lipinski definition) is 2. The third-order valence-corrected chi connectivity index (χ3v) is 9.77. The molecule has 0 saturated carbocycles. The van der Waals surface area contributed by atoms with Crippen LogP contribution in [0.15, 0.2) is 75.9 Å². The van der Waals surface area contributed by atoms with Crippen LogP contribution in [0.3, 0.4) is 0 Å². The van der Waals surface area contributed by atoms with Crippen LogP contribution >= 0.6 is 47.8 Å². The summed E-state index contributed by atoms with van der Waals surface area (Å²) in [6.07, 6.45) is 8.88. The van der Waals surface area contributed by atoms with Crippen LogP contribution in [0.25, 0.3) is 21.8 Å². The molecule has 2 aliphatic heterocycles. The lowest BCUT2D eigenvalue weighted by molar-refractivity contribution is 0.171. The van der Waals surface area contributed by atoms with Crippen LogP contribution in [0, 0.1) is 0 Å². The SMILES string of the molecule is BrCCCc1c[nH]c2ccc(Br)cc12.Brc1ccc2[nH]cc(CCCN3CCN(c4ccc5c(c4)OCCO5)CC3)c2c1. The Morgan fingerprint density at radius 3 is 1.91 bits per heavy atom. The van der Waals surface area contributed by atoms with Crippen molar-refractivity contribution in [3.05, 3.63) is 87.1 Å². The number of aryl methyl sites for hydroxylation is 2. The van der Waals surface area contributed by atoms with Gasteiger partial charge in [-0.3, -0.25) is 4.90 Å². The fourth-order valence-electron chi connectivity index (χ4n) is 5.92. The highest BCUT2D eigenvalue weighted by atomic mass is 79.9. The van der Waals surface area contributed by atoms with Crippen molar-refractivity contribution in [2.45, 2.75) is 25.7 Å². The van der Waals surface area contributed by atoms with E-state index < -0.39 is 0 Å². The van der Waals surface area contributed by atoms with E-state index in [9.17, 15) is 0 Å². The molecule has 7 rings (SSSR count). The van der Waals surface area contributed by atoms with Crippen LogP contribution in [-0.4, -0.2) is 66.1 Å². The molecule has 0 radical (unpaired) electrons. The molecule has 2 N–H and O–H groups in total. The minimum atomic E-state index is 0.637. The van der Waals surface area contributed by atoms with Crippen LogP contribution in [0.1, 0.15) is 24.0 Å². The van der Waals surface area contributed by atoms with Gasteiger partial charge >= 0.3 is 0 Å². The summed E-state index contributed by atoms with van der Waals surface area (Å²) in [5.74, 6) is 1.74. The molecule has 2 aliphatic rings. The first-order valence-corrected chi connectivity index (χ1v) is 17.7. The Bertz CT molecular complexity index is 1660. The predicted octanol–water partition coefficient (Wildman–Crippen LogP) is 8.71. The number of aromatic nitrogens is 2. The molecular weight excluding hydrogens is 736 g/mol. The van der Waals surface area contributed by atoms with E-state index in [4.69, 9.17) is 9.47 Å². The molecule has 1 saturated heterocycles. The highest BCUT2D eigenvalue weighted by molar-refractivity contribution is 9.10. The summed E-state index contributed by atoms with van der Waals surface area (Å²) in [5, 5.41) is 3.73. The number of nitrogens with zero attached hydrogens (tertiary/aromatic N) is 2. The van der Waals surface area contributed by atoms with E-state index in [1.165, 1.54) is 51.5 Å². The number of aromatic amines is 2. The lowest BCUT2D eigenvalue weighted by Gasteiger charge is -2.36. The van der Waals surface area contributed by atoms with E-state index >= 15 is 0 Å². The molecule has 6 nitrogen and oxygen atoms in total. The molecule has 0 bridgehead atoms. The summed E-state index contributed by atoms with van der Waals surface area (Å²) in [4.78, 5) is 11.7. The second kappa shape index (κ2) is 14.5. The molecule has 4 heterocycles. The summed E-state index contributed by atoms with van der Waals surface area (Å²) < 4.78 is 13.7. The van der Waals surface area contributed by atoms with Gasteiger partial charge in [0.05, 0.1) is 0 Å². The number of rotatable bonds is 8. The van der Waals surface area contributed by atoms with Crippen molar-refractivity contribution in [1.29, 1.82) is 0 Å². The van der Waals surface area contributed by atoms with E-state index in [2.05, 4.69) is 128 Å². The van der Waals surface area contributed by atoms with Gasteiger partial charge in [-0.2, -0.15) is 0 Å². The van der Waals surface area contributed by atoms with E-state index in [1.807, 2.05) is 6.07 Å². The Morgan fingerprint density at radius 1 is 0.674 bits per heavy atom. The second-order valence-electron chi connectivity index (χ2n) is 11.1. The van der Waals surface area contributed by atoms with E-state index in [0.29, 0.717) is 13.2 Å². The molecule has 43 heavy (non-hydrogen) atoms. The zero-order valence-corrected chi connectivity index (χ0v) is 28.9. The minimum absolute atomic E-state index is 0.637. The zero-order valence-electron chi connectivity index (χ0n) is 24.2. The standard InChI is InChI=1S/C23H26BrN3O2.C11H11Br2N/c24-18-3-5-21-20(14-18)17(16-25-21)2-1-7-26-8-10-27(11-9-26)19-4-6-22-23(15-19)29-13-12-28-22;12-5-1-2-8-7-14-11-4-3-9(13)6-10(8)11/h3-6,14-16,25H,1-2,7-13H2;3-4,6-7,14H,1-2,5H2. The number of nitrogens with one attached hydrogen (secondary N) is 2. The van der Waals surface area contributed by atoms with Gasteiger partial charge in [0.15, 0.2) is 11.5 Å². The van der Waals surface area contributed by atoms with Gasteiger partial charge in [-0.05, 0) is 91.9 Å². The zero-order chi connectivity index (χ0) is 29.6. The maximum absolute atomic E-state index is 5.73. The maximum Gasteiger partial charge on any atom is 0.163 e. The summed E-state index contributed by atoms with van der Waals surface area (Å²) >= 11 is 10.5. The summed E-state index contributed by atoms with van der Waals surface area (Å²) in [6.45, 7) is 6.75. The molecule has 1 fully saturated rings. The van der Waals surface area contributed by atoms with Crippen LogP contribution in [0.5, 0.6) is 11.5 Å². The molecule has 5 aromatic rings. The topological polar surface area (TPSA) is 56.5 Å². The molecule has 0 aliphatic carbocycles. The number of H-pyrrole nitrogens is 2. The molecule has 3 aromatic carbocycles. The smallest absolute Gasteiger partial charge is 0.163 e. The van der Waals surface area contributed by atoms with Crippen molar-refractivity contribution >= 4 is 75.3 Å². The normalized spacial score (nSPS) is 15.1. The Morgan fingerprint density at radius 2 is 1.28 bits per heavy atom. The number of fused-ring (bicyclic) bond motifs is 3. The molecule has 0 spiro atoms. The van der Waals surface area contributed by atoms with Gasteiger partial charge in [0.1, 0.15) is 13.2 Å². The maximum atomic E-state index is 5.73. The van der Waals surface area contributed by atoms with Crippen molar-refractivity contribution in [3.63, 3.8) is 0 Å². The van der Waals surface area contributed by atoms with Gasteiger partial charge in [-0.1, -0.05) is 47.8 Å². The first kappa shape index (κ1) is 30.6. The summed E-state index contributed by atoms with van der Waals surface area (Å²) in [5.41, 5.74) is 6.49. The highest BCUT2D eigenvalue weighted by Crippen LogP contribution is 2.34. The number of halogens is 3. The number of benzene rings is 3. The Kier molecular flexibility index (Phi) is 10.3. The van der Waals surface area contributed by atoms with Crippen LogP contribution in [-0.2, 0) is 12.8 Å². The number of hydrogen-bond acceptors (Lipinski definition) is 4.